The van der Waals surface area contributed by atoms with E-state index in [1.165, 1.54) is 19.6 Å². The molecule has 14 heteroatoms. The number of hydrogen-bond acceptors (Lipinski definition) is 9. The third-order valence-electron chi connectivity index (χ3n) is 3.32. The molecule has 146 valence electrons. The lowest BCUT2D eigenvalue weighted by Crippen LogP contribution is -2.74. The van der Waals surface area contributed by atoms with Gasteiger partial charge in [0.15, 0.2) is 23.1 Å². The van der Waals surface area contributed by atoms with Crippen molar-refractivity contribution in [1.29, 1.82) is 0 Å². The molecule has 5 amide bonds. The molecule has 2 rings (SSSR count). The molecule has 1 aliphatic rings. The van der Waals surface area contributed by atoms with Crippen molar-refractivity contribution in [2.75, 3.05) is 25.4 Å². The van der Waals surface area contributed by atoms with E-state index in [2.05, 4.69) is 25.6 Å². The van der Waals surface area contributed by atoms with Gasteiger partial charge in [0, 0.05) is 12.5 Å². The van der Waals surface area contributed by atoms with Crippen LogP contribution in [-0.4, -0.2) is 71.7 Å². The number of nitrogens with one attached hydrogen (secondary N) is 2. The Hall–Kier alpha value is -2.77. The van der Waals surface area contributed by atoms with Crippen LogP contribution >= 0.6 is 22.9 Å². The van der Waals surface area contributed by atoms with Crippen molar-refractivity contribution in [3.63, 3.8) is 0 Å². The number of oxime groups is 1. The summed E-state index contributed by atoms with van der Waals surface area (Å²) in [6.45, 7) is 0. The molecule has 1 aliphatic heterocycles. The first kappa shape index (κ1) is 20.5. The highest BCUT2D eigenvalue weighted by atomic mass is 35.5. The molecule has 0 radical (unpaired) electrons. The summed E-state index contributed by atoms with van der Waals surface area (Å²) < 4.78 is 4.99. The quantitative estimate of drug-likeness (QED) is 0.222. The topological polar surface area (TPSA) is 165 Å². The molecule has 1 fully saturated rings. The Balaban J connectivity index is 2.14. The molecule has 1 aromatic rings. The zero-order valence-electron chi connectivity index (χ0n) is 14.1. The van der Waals surface area contributed by atoms with Gasteiger partial charge in [-0.05, 0) is 0 Å². The molecule has 0 unspecified atom stereocenters. The Bertz CT molecular complexity index is 798. The normalized spacial score (nSPS) is 19.3. The highest BCUT2D eigenvalue weighted by molar-refractivity contribution is 7.14. The van der Waals surface area contributed by atoms with Gasteiger partial charge in [0.1, 0.15) is 18.7 Å². The molecule has 0 aliphatic carbocycles. The third-order valence-corrected chi connectivity index (χ3v) is 4.32. The number of methoxy groups -OCH3 is 1. The van der Waals surface area contributed by atoms with Gasteiger partial charge < -0.3 is 25.9 Å². The van der Waals surface area contributed by atoms with E-state index in [-0.39, 0.29) is 22.4 Å². The van der Waals surface area contributed by atoms with Gasteiger partial charge in [-0.1, -0.05) is 5.16 Å². The number of rotatable bonds is 7. The van der Waals surface area contributed by atoms with Gasteiger partial charge in [-0.15, -0.1) is 22.9 Å². The van der Waals surface area contributed by atoms with Crippen LogP contribution in [0.3, 0.4) is 0 Å². The molecule has 1 aromatic heterocycles. The first-order valence-electron chi connectivity index (χ1n) is 7.23. The van der Waals surface area contributed by atoms with E-state index in [9.17, 15) is 19.2 Å². The number of imide groups is 1. The van der Waals surface area contributed by atoms with E-state index in [0.717, 1.165) is 11.3 Å². The zero-order chi connectivity index (χ0) is 20.1. The first-order chi connectivity index (χ1) is 12.8. The summed E-state index contributed by atoms with van der Waals surface area (Å²) in [5.74, 6) is -2.26. The molecule has 1 saturated heterocycles. The number of amides is 5. The van der Waals surface area contributed by atoms with Crippen LogP contribution in [-0.2, 0) is 24.0 Å². The Morgan fingerprint density at radius 2 is 2.15 bits per heavy atom. The van der Waals surface area contributed by atoms with E-state index in [0.29, 0.717) is 4.90 Å². The number of alkyl halides is 1. The van der Waals surface area contributed by atoms with Crippen molar-refractivity contribution in [2.24, 2.45) is 10.9 Å². The van der Waals surface area contributed by atoms with Crippen molar-refractivity contribution in [3.05, 3.63) is 11.1 Å². The summed E-state index contributed by atoms with van der Waals surface area (Å²) in [6, 6.07) is -2.13. The first-order valence-corrected chi connectivity index (χ1v) is 8.64. The van der Waals surface area contributed by atoms with Crippen LogP contribution in [0.1, 0.15) is 5.69 Å². The average Bonchev–Trinajstić information content (AvgIpc) is 3.08. The van der Waals surface area contributed by atoms with Gasteiger partial charge in [-0.3, -0.25) is 14.4 Å². The highest BCUT2D eigenvalue weighted by Gasteiger charge is 2.52. The van der Waals surface area contributed by atoms with Crippen LogP contribution in [0.15, 0.2) is 10.5 Å². The monoisotopic (exact) mass is 418 g/mol. The molecule has 12 nitrogen and oxygen atoms in total. The molecular weight excluding hydrogens is 404 g/mol. The van der Waals surface area contributed by atoms with Crippen LogP contribution in [0.25, 0.3) is 0 Å². The van der Waals surface area contributed by atoms with Crippen molar-refractivity contribution in [3.8, 4) is 0 Å². The number of urea groups is 1. The van der Waals surface area contributed by atoms with Gasteiger partial charge in [0.2, 0.25) is 5.91 Å². The van der Waals surface area contributed by atoms with Crippen molar-refractivity contribution in [1.82, 2.24) is 15.2 Å². The maximum Gasteiger partial charge on any atom is 0.323 e. The Morgan fingerprint density at radius 3 is 2.70 bits per heavy atom. The molecule has 2 atom stereocenters. The molecule has 0 aromatic carbocycles. The van der Waals surface area contributed by atoms with Crippen molar-refractivity contribution >= 4 is 57.5 Å². The lowest BCUT2D eigenvalue weighted by molar-refractivity contribution is -0.169. The van der Waals surface area contributed by atoms with E-state index < -0.39 is 36.0 Å². The second kappa shape index (κ2) is 8.75. The number of carbonyl (C=O) groups is 4. The van der Waals surface area contributed by atoms with Gasteiger partial charge in [-0.25, -0.2) is 14.7 Å². The van der Waals surface area contributed by atoms with Gasteiger partial charge in [-0.2, -0.15) is 0 Å². The summed E-state index contributed by atoms with van der Waals surface area (Å²) in [5, 5.41) is 10.1. The third kappa shape index (κ3) is 4.32. The lowest BCUT2D eigenvalue weighted by Gasteiger charge is -2.43. The number of hydrogen-bond donors (Lipinski definition) is 3. The lowest BCUT2D eigenvalue weighted by atomic mass is 10.0. The number of anilines is 1. The Labute approximate surface area is 161 Å². The van der Waals surface area contributed by atoms with E-state index >= 15 is 0 Å². The summed E-state index contributed by atoms with van der Waals surface area (Å²) in [7, 11) is 2.47. The molecular formula is C13H15ClN6O6S. The highest BCUT2D eigenvalue weighted by Crippen LogP contribution is 2.21. The maximum absolute atomic E-state index is 12.5. The number of nitrogens with two attached hydrogens (primary N) is 1. The number of nitrogens with zero attached hydrogens (tertiary/aromatic N) is 3. The maximum atomic E-state index is 12.5. The molecule has 0 saturated carbocycles. The zero-order valence-corrected chi connectivity index (χ0v) is 15.7. The van der Waals surface area contributed by atoms with Crippen LogP contribution in [0.4, 0.5) is 9.93 Å². The van der Waals surface area contributed by atoms with Crippen molar-refractivity contribution < 1.29 is 28.8 Å². The SMILES string of the molecule is CON=C(C(=O)N[C@@H]1C(=O)N(C(N)=O)[C@@H]1OC)c1csc(NC(=O)CCl)n1. The number of aromatic nitrogens is 1. The molecule has 27 heavy (non-hydrogen) atoms. The molecule has 2 heterocycles. The minimum atomic E-state index is -1.13. The summed E-state index contributed by atoms with van der Waals surface area (Å²) in [6.07, 6.45) is -1.04. The number of likely N-dealkylation sites (tertiary alicyclic amines) is 1. The largest absolute Gasteiger partial charge is 0.398 e. The molecule has 4 N–H and O–H groups in total. The summed E-state index contributed by atoms with van der Waals surface area (Å²) in [5.41, 5.74) is 4.92. The molecule has 0 spiro atoms. The van der Waals surface area contributed by atoms with Gasteiger partial charge in [0.05, 0.1) is 0 Å². The Kier molecular flexibility index (Phi) is 6.65. The number of carbonyl (C=O) groups excluding carboxylic acids is 4. The summed E-state index contributed by atoms with van der Waals surface area (Å²) >= 11 is 6.44. The number of halogens is 1. The number of thiazole rings is 1. The average molecular weight is 419 g/mol. The van der Waals surface area contributed by atoms with E-state index in [4.69, 9.17) is 22.1 Å². The predicted octanol–water partition coefficient (Wildman–Crippen LogP) is -0.951. The van der Waals surface area contributed by atoms with Crippen LogP contribution < -0.4 is 16.4 Å². The van der Waals surface area contributed by atoms with Gasteiger partial charge >= 0.3 is 6.03 Å². The Morgan fingerprint density at radius 1 is 1.44 bits per heavy atom. The fourth-order valence-corrected chi connectivity index (χ4v) is 2.95. The fourth-order valence-electron chi connectivity index (χ4n) is 2.17. The predicted molar refractivity (Wildman–Crippen MR) is 94.2 cm³/mol. The van der Waals surface area contributed by atoms with Crippen LogP contribution in [0, 0.1) is 0 Å². The number of β-lactam (4-membered cyclic amide) rings is 1. The van der Waals surface area contributed by atoms with Crippen LogP contribution in [0.5, 0.6) is 0 Å². The summed E-state index contributed by atoms with van der Waals surface area (Å²) in [4.78, 5) is 56.3. The number of ether oxygens (including phenoxy) is 1. The van der Waals surface area contributed by atoms with Crippen molar-refractivity contribution in [2.45, 2.75) is 12.3 Å². The van der Waals surface area contributed by atoms with E-state index in [1.54, 1.807) is 0 Å². The second-order valence-electron chi connectivity index (χ2n) is 4.97. The van der Waals surface area contributed by atoms with E-state index in [1.807, 2.05) is 0 Å². The second-order valence-corrected chi connectivity index (χ2v) is 6.09. The number of primary amides is 1. The smallest absolute Gasteiger partial charge is 0.323 e. The fraction of sp³-hybridized carbons (Fsp3) is 0.385. The minimum Gasteiger partial charge on any atom is -0.398 e. The van der Waals surface area contributed by atoms with Crippen LogP contribution in [0.2, 0.25) is 0 Å². The standard InChI is InChI=1S/C13H15ClN6O6S/c1-25-11-8(10(23)20(11)12(15)24)18-9(22)7(19-26-2)5-4-27-13(16-5)17-6(21)3-14/h4,8,11H,3H2,1-2H3,(H2,15,24)(H,18,22)(H,16,17,21)/t8-,11-/m1/s1. The minimum absolute atomic E-state index is 0.0942. The molecule has 0 bridgehead atoms. The van der Waals surface area contributed by atoms with Gasteiger partial charge in [0.25, 0.3) is 11.8 Å².